The van der Waals surface area contributed by atoms with E-state index in [2.05, 4.69) is 10.1 Å². The summed E-state index contributed by atoms with van der Waals surface area (Å²) in [5.74, 6) is 2.48. The molecule has 0 aliphatic carbocycles. The van der Waals surface area contributed by atoms with Crippen LogP contribution < -0.4 is 14.2 Å². The van der Waals surface area contributed by atoms with Gasteiger partial charge in [0.25, 0.3) is 11.6 Å². The first-order chi connectivity index (χ1) is 15.6. The molecule has 0 unspecified atom stereocenters. The van der Waals surface area contributed by atoms with Crippen molar-refractivity contribution in [3.63, 3.8) is 0 Å². The standard InChI is InChI=1S/C23H19N3O6/c1-29-19-9-6-16(7-10-19)23-24-22(25-32-23)17-8-11-20(21(13-17)30-2)31-14-15-4-3-5-18(12-15)26(27)28/h3-13H,14H2,1-2H3. The Morgan fingerprint density at radius 2 is 1.72 bits per heavy atom. The van der Waals surface area contributed by atoms with Gasteiger partial charge in [-0.2, -0.15) is 4.98 Å². The maximum atomic E-state index is 10.9. The number of non-ortho nitro benzene ring substituents is 1. The first-order valence-electron chi connectivity index (χ1n) is 9.60. The SMILES string of the molecule is COc1ccc(-c2nc(-c3ccc(OCc4cccc([N+](=O)[O-])c4)c(OC)c3)no2)cc1. The number of aromatic nitrogens is 2. The molecule has 1 aromatic heterocycles. The first-order valence-corrected chi connectivity index (χ1v) is 9.60. The molecule has 0 radical (unpaired) electrons. The fourth-order valence-electron chi connectivity index (χ4n) is 3.04. The Labute approximate surface area is 183 Å². The number of ether oxygens (including phenoxy) is 3. The molecule has 0 bridgehead atoms. The second-order valence-corrected chi connectivity index (χ2v) is 6.73. The van der Waals surface area contributed by atoms with Gasteiger partial charge in [0.2, 0.25) is 5.82 Å². The molecule has 4 aromatic rings. The van der Waals surface area contributed by atoms with E-state index in [1.165, 1.54) is 19.2 Å². The molecule has 9 nitrogen and oxygen atoms in total. The van der Waals surface area contributed by atoms with Crippen LogP contribution in [-0.4, -0.2) is 29.3 Å². The van der Waals surface area contributed by atoms with Crippen LogP contribution in [0.25, 0.3) is 22.8 Å². The van der Waals surface area contributed by atoms with Gasteiger partial charge in [-0.05, 0) is 48.0 Å². The summed E-state index contributed by atoms with van der Waals surface area (Å²) in [6.45, 7) is 0.154. The van der Waals surface area contributed by atoms with Crippen molar-refractivity contribution in [2.24, 2.45) is 0 Å². The summed E-state index contributed by atoms with van der Waals surface area (Å²) in [6.07, 6.45) is 0. The number of nitro groups is 1. The van der Waals surface area contributed by atoms with Gasteiger partial charge in [-0.15, -0.1) is 0 Å². The van der Waals surface area contributed by atoms with Crippen LogP contribution in [0.1, 0.15) is 5.56 Å². The number of benzene rings is 3. The van der Waals surface area contributed by atoms with E-state index in [0.29, 0.717) is 34.3 Å². The molecule has 0 saturated heterocycles. The lowest BCUT2D eigenvalue weighted by Gasteiger charge is -2.11. The average Bonchev–Trinajstić information content (AvgIpc) is 3.33. The highest BCUT2D eigenvalue weighted by atomic mass is 16.6. The smallest absolute Gasteiger partial charge is 0.269 e. The van der Waals surface area contributed by atoms with Crippen molar-refractivity contribution in [1.29, 1.82) is 0 Å². The highest BCUT2D eigenvalue weighted by molar-refractivity contribution is 5.63. The molecule has 0 spiro atoms. The van der Waals surface area contributed by atoms with Crippen molar-refractivity contribution in [3.8, 4) is 40.1 Å². The van der Waals surface area contributed by atoms with Crippen molar-refractivity contribution < 1.29 is 23.7 Å². The highest BCUT2D eigenvalue weighted by Gasteiger charge is 2.14. The van der Waals surface area contributed by atoms with Gasteiger partial charge in [0.1, 0.15) is 12.4 Å². The van der Waals surface area contributed by atoms with Gasteiger partial charge < -0.3 is 18.7 Å². The normalized spacial score (nSPS) is 10.6. The van der Waals surface area contributed by atoms with Crippen molar-refractivity contribution in [2.45, 2.75) is 6.61 Å². The largest absolute Gasteiger partial charge is 0.497 e. The van der Waals surface area contributed by atoms with Gasteiger partial charge in [-0.1, -0.05) is 17.3 Å². The monoisotopic (exact) mass is 433 g/mol. The predicted octanol–water partition coefficient (Wildman–Crippen LogP) is 4.91. The van der Waals surface area contributed by atoms with Gasteiger partial charge in [0, 0.05) is 23.3 Å². The number of hydrogen-bond donors (Lipinski definition) is 0. The minimum Gasteiger partial charge on any atom is -0.497 e. The van der Waals surface area contributed by atoms with Gasteiger partial charge in [-0.25, -0.2) is 0 Å². The lowest BCUT2D eigenvalue weighted by molar-refractivity contribution is -0.384. The number of nitrogens with zero attached hydrogens (tertiary/aromatic N) is 3. The molecule has 3 aromatic carbocycles. The molecule has 0 saturated carbocycles. The molecule has 0 fully saturated rings. The molecule has 0 amide bonds. The summed E-state index contributed by atoms with van der Waals surface area (Å²) in [5.41, 5.74) is 2.15. The lowest BCUT2D eigenvalue weighted by atomic mass is 10.2. The summed E-state index contributed by atoms with van der Waals surface area (Å²) >= 11 is 0. The van der Waals surface area contributed by atoms with Crippen molar-refractivity contribution >= 4 is 5.69 Å². The van der Waals surface area contributed by atoms with Gasteiger partial charge in [0.05, 0.1) is 19.1 Å². The van der Waals surface area contributed by atoms with E-state index < -0.39 is 4.92 Å². The molecule has 162 valence electrons. The van der Waals surface area contributed by atoms with Crippen LogP contribution in [0.2, 0.25) is 0 Å². The third-order valence-electron chi connectivity index (χ3n) is 4.70. The fourth-order valence-corrected chi connectivity index (χ4v) is 3.04. The van der Waals surface area contributed by atoms with Crippen molar-refractivity contribution in [1.82, 2.24) is 10.1 Å². The maximum absolute atomic E-state index is 10.9. The lowest BCUT2D eigenvalue weighted by Crippen LogP contribution is -1.99. The van der Waals surface area contributed by atoms with Gasteiger partial charge >= 0.3 is 0 Å². The van der Waals surface area contributed by atoms with E-state index in [-0.39, 0.29) is 12.3 Å². The molecule has 9 heteroatoms. The molecule has 1 heterocycles. The van der Waals surface area contributed by atoms with Crippen LogP contribution in [0.15, 0.2) is 71.3 Å². The first kappa shape index (κ1) is 20.9. The summed E-state index contributed by atoms with van der Waals surface area (Å²) in [4.78, 5) is 15.0. The summed E-state index contributed by atoms with van der Waals surface area (Å²) < 4.78 is 21.8. The quantitative estimate of drug-likeness (QED) is 0.285. The molecule has 0 N–H and O–H groups in total. The van der Waals surface area contributed by atoms with E-state index in [1.54, 1.807) is 37.4 Å². The van der Waals surface area contributed by atoms with Crippen molar-refractivity contribution in [3.05, 3.63) is 82.4 Å². The minimum absolute atomic E-state index is 0.0122. The zero-order chi connectivity index (χ0) is 22.5. The Morgan fingerprint density at radius 1 is 0.938 bits per heavy atom. The molecule has 0 aliphatic heterocycles. The maximum Gasteiger partial charge on any atom is 0.269 e. The molecule has 0 atom stereocenters. The Balaban J connectivity index is 1.51. The zero-order valence-electron chi connectivity index (χ0n) is 17.3. The van der Waals surface area contributed by atoms with E-state index in [4.69, 9.17) is 18.7 Å². The van der Waals surface area contributed by atoms with Crippen LogP contribution >= 0.6 is 0 Å². The van der Waals surface area contributed by atoms with Crippen LogP contribution in [0.4, 0.5) is 5.69 Å². The van der Waals surface area contributed by atoms with E-state index in [1.807, 2.05) is 24.3 Å². The Hall–Kier alpha value is -4.40. The van der Waals surface area contributed by atoms with Gasteiger partial charge in [0.15, 0.2) is 11.5 Å². The highest BCUT2D eigenvalue weighted by Crippen LogP contribution is 2.33. The summed E-state index contributed by atoms with van der Waals surface area (Å²) in [7, 11) is 3.13. The Morgan fingerprint density at radius 3 is 2.44 bits per heavy atom. The number of nitro benzene ring substituents is 1. The van der Waals surface area contributed by atoms with E-state index in [9.17, 15) is 10.1 Å². The number of rotatable bonds is 8. The Kier molecular flexibility index (Phi) is 5.98. The zero-order valence-corrected chi connectivity index (χ0v) is 17.3. The summed E-state index contributed by atoms with van der Waals surface area (Å²) in [5, 5.41) is 15.0. The second kappa shape index (κ2) is 9.17. The Bertz CT molecular complexity index is 1240. The topological polar surface area (TPSA) is 110 Å². The molecule has 4 rings (SSSR count). The van der Waals surface area contributed by atoms with Crippen LogP contribution in [0.3, 0.4) is 0 Å². The number of hydrogen-bond acceptors (Lipinski definition) is 8. The van der Waals surface area contributed by atoms with E-state index in [0.717, 1.165) is 11.3 Å². The third-order valence-corrected chi connectivity index (χ3v) is 4.70. The molecular formula is C23H19N3O6. The fraction of sp³-hybridized carbons (Fsp3) is 0.130. The third kappa shape index (κ3) is 4.51. The minimum atomic E-state index is -0.440. The molecular weight excluding hydrogens is 414 g/mol. The van der Waals surface area contributed by atoms with Crippen LogP contribution in [0, 0.1) is 10.1 Å². The molecule has 32 heavy (non-hydrogen) atoms. The van der Waals surface area contributed by atoms with Crippen LogP contribution in [-0.2, 0) is 6.61 Å². The second-order valence-electron chi connectivity index (χ2n) is 6.73. The molecule has 0 aliphatic rings. The van der Waals surface area contributed by atoms with Crippen molar-refractivity contribution in [2.75, 3.05) is 14.2 Å². The van der Waals surface area contributed by atoms with Crippen LogP contribution in [0.5, 0.6) is 17.2 Å². The van der Waals surface area contributed by atoms with Gasteiger partial charge in [-0.3, -0.25) is 10.1 Å². The van der Waals surface area contributed by atoms with E-state index >= 15 is 0 Å². The number of methoxy groups -OCH3 is 2. The summed E-state index contributed by atoms with van der Waals surface area (Å²) in [6, 6.07) is 18.8. The predicted molar refractivity (Wildman–Crippen MR) is 116 cm³/mol. The average molecular weight is 433 g/mol.